The molecule has 3 rings (SSSR count). The maximum absolute atomic E-state index is 12.5. The summed E-state index contributed by atoms with van der Waals surface area (Å²) in [6.45, 7) is 4.14. The number of benzene rings is 2. The Morgan fingerprint density at radius 2 is 2.04 bits per heavy atom. The van der Waals surface area contributed by atoms with Crippen molar-refractivity contribution < 1.29 is 9.53 Å². The van der Waals surface area contributed by atoms with Gasteiger partial charge in [0.05, 0.1) is 23.7 Å². The van der Waals surface area contributed by atoms with E-state index in [-0.39, 0.29) is 12.3 Å². The summed E-state index contributed by atoms with van der Waals surface area (Å²) in [7, 11) is 3.57. The number of nitrogens with zero attached hydrogens (tertiary/aromatic N) is 2. The van der Waals surface area contributed by atoms with Crippen LogP contribution in [0.15, 0.2) is 41.4 Å². The van der Waals surface area contributed by atoms with Crippen molar-refractivity contribution in [3.05, 3.63) is 57.9 Å². The maximum Gasteiger partial charge on any atom is 0.252 e. The largest absolute Gasteiger partial charge is 0.496 e. The fourth-order valence-corrected chi connectivity index (χ4v) is 3.96. The van der Waals surface area contributed by atoms with Crippen LogP contribution in [0.2, 0.25) is 0 Å². The van der Waals surface area contributed by atoms with Crippen LogP contribution >= 0.6 is 11.3 Å². The molecule has 1 aromatic heterocycles. The minimum Gasteiger partial charge on any atom is -0.496 e. The molecule has 0 saturated carbocycles. The summed E-state index contributed by atoms with van der Waals surface area (Å²) >= 11 is 1.55. The maximum atomic E-state index is 12.5. The number of ether oxygens (including phenoxy) is 1. The molecule has 2 aromatic carbocycles. The molecule has 0 bridgehead atoms. The molecule has 130 valence electrons. The predicted molar refractivity (Wildman–Crippen MR) is 102 cm³/mol. The summed E-state index contributed by atoms with van der Waals surface area (Å²) in [5.74, 6) is 0.559. The van der Waals surface area contributed by atoms with Crippen LogP contribution < -0.4 is 9.54 Å². The van der Waals surface area contributed by atoms with Gasteiger partial charge in [0.1, 0.15) is 5.75 Å². The molecule has 4 nitrogen and oxygen atoms in total. The number of carbonyl (C=O) groups is 1. The fourth-order valence-electron chi connectivity index (χ4n) is 2.86. The number of rotatable bonds is 4. The average Bonchev–Trinajstić information content (AvgIpc) is 2.90. The lowest BCUT2D eigenvalue weighted by Crippen LogP contribution is -2.14. The molecule has 0 N–H and O–H groups in total. The van der Waals surface area contributed by atoms with Crippen molar-refractivity contribution in [3.8, 4) is 5.75 Å². The van der Waals surface area contributed by atoms with E-state index in [2.05, 4.69) is 30.1 Å². The van der Waals surface area contributed by atoms with Crippen LogP contribution in [0.4, 0.5) is 0 Å². The quantitative estimate of drug-likeness (QED) is 0.715. The molecular formula is C20H22N2O2S. The second kappa shape index (κ2) is 7.23. The third-order valence-corrected chi connectivity index (χ3v) is 5.37. The number of methoxy groups -OCH3 is 1. The smallest absolute Gasteiger partial charge is 0.252 e. The third-order valence-electron chi connectivity index (χ3n) is 4.28. The van der Waals surface area contributed by atoms with Crippen LogP contribution in [-0.4, -0.2) is 17.6 Å². The van der Waals surface area contributed by atoms with Gasteiger partial charge in [-0.25, -0.2) is 0 Å². The molecular weight excluding hydrogens is 332 g/mol. The van der Waals surface area contributed by atoms with Gasteiger partial charge in [-0.15, -0.1) is 0 Å². The van der Waals surface area contributed by atoms with Crippen molar-refractivity contribution in [2.24, 2.45) is 12.0 Å². The Hall–Kier alpha value is -2.40. The monoisotopic (exact) mass is 354 g/mol. The minimum absolute atomic E-state index is 0.165. The van der Waals surface area contributed by atoms with E-state index in [0.29, 0.717) is 0 Å². The summed E-state index contributed by atoms with van der Waals surface area (Å²) in [5.41, 5.74) is 4.36. The van der Waals surface area contributed by atoms with E-state index >= 15 is 0 Å². The lowest BCUT2D eigenvalue weighted by Gasteiger charge is -2.07. The van der Waals surface area contributed by atoms with Crippen LogP contribution in [-0.2, 0) is 24.7 Å². The Labute approximate surface area is 151 Å². The molecule has 1 amide bonds. The number of hydrogen-bond acceptors (Lipinski definition) is 3. The first-order valence-electron chi connectivity index (χ1n) is 8.31. The third kappa shape index (κ3) is 3.66. The molecule has 0 aliphatic rings. The highest BCUT2D eigenvalue weighted by Crippen LogP contribution is 2.21. The first kappa shape index (κ1) is 17.4. The van der Waals surface area contributed by atoms with E-state index in [1.807, 2.05) is 36.7 Å². The Kier molecular flexibility index (Phi) is 5.04. The van der Waals surface area contributed by atoms with Crippen molar-refractivity contribution in [1.29, 1.82) is 0 Å². The summed E-state index contributed by atoms with van der Waals surface area (Å²) < 4.78 is 8.48. The van der Waals surface area contributed by atoms with Gasteiger partial charge >= 0.3 is 0 Å². The predicted octanol–water partition coefficient (Wildman–Crippen LogP) is 3.79. The van der Waals surface area contributed by atoms with Gasteiger partial charge in [-0.1, -0.05) is 42.0 Å². The van der Waals surface area contributed by atoms with Crippen LogP contribution in [0.3, 0.4) is 0 Å². The zero-order chi connectivity index (χ0) is 18.0. The van der Waals surface area contributed by atoms with Crippen molar-refractivity contribution in [1.82, 2.24) is 4.57 Å². The van der Waals surface area contributed by atoms with E-state index in [1.54, 1.807) is 18.4 Å². The van der Waals surface area contributed by atoms with Gasteiger partial charge in [0.25, 0.3) is 5.91 Å². The van der Waals surface area contributed by atoms with Crippen molar-refractivity contribution in [3.63, 3.8) is 0 Å². The summed E-state index contributed by atoms with van der Waals surface area (Å²) in [6, 6.07) is 12.2. The summed E-state index contributed by atoms with van der Waals surface area (Å²) in [5, 5.41) is 0. The van der Waals surface area contributed by atoms with Crippen LogP contribution in [0.1, 0.15) is 23.6 Å². The highest BCUT2D eigenvalue weighted by Gasteiger charge is 2.10. The molecule has 5 heteroatoms. The lowest BCUT2D eigenvalue weighted by molar-refractivity contribution is -0.117. The average molecular weight is 354 g/mol. The Balaban J connectivity index is 1.95. The number of hydrogen-bond donors (Lipinski definition) is 0. The standard InChI is InChI=1S/C20H22N2O2S/c1-5-14-7-8-16-18(11-14)25-20(22(16)3)21-19(23)12-15-10-13(2)6-9-17(15)24-4/h6-11H,5,12H2,1-4H3. The second-order valence-corrected chi connectivity index (χ2v) is 7.11. The summed E-state index contributed by atoms with van der Waals surface area (Å²) in [4.78, 5) is 17.5. The highest BCUT2D eigenvalue weighted by molar-refractivity contribution is 7.16. The number of fused-ring (bicyclic) bond motifs is 1. The number of thiazole rings is 1. The molecule has 0 unspecified atom stereocenters. The van der Waals surface area contributed by atoms with Crippen LogP contribution in [0.5, 0.6) is 5.75 Å². The van der Waals surface area contributed by atoms with E-state index in [9.17, 15) is 4.79 Å². The van der Waals surface area contributed by atoms with E-state index in [4.69, 9.17) is 4.74 Å². The first-order valence-corrected chi connectivity index (χ1v) is 9.13. The number of aryl methyl sites for hydroxylation is 3. The molecule has 3 aromatic rings. The Morgan fingerprint density at radius 1 is 1.24 bits per heavy atom. The van der Waals surface area contributed by atoms with Gasteiger partial charge in [0, 0.05) is 12.6 Å². The fraction of sp³-hybridized carbons (Fsp3) is 0.300. The molecule has 0 radical (unpaired) electrons. The molecule has 0 saturated heterocycles. The van der Waals surface area contributed by atoms with Crippen LogP contribution in [0.25, 0.3) is 10.2 Å². The van der Waals surface area contributed by atoms with Crippen molar-refractivity contribution in [2.45, 2.75) is 26.7 Å². The van der Waals surface area contributed by atoms with Gasteiger partial charge < -0.3 is 9.30 Å². The zero-order valence-electron chi connectivity index (χ0n) is 15.0. The zero-order valence-corrected chi connectivity index (χ0v) is 15.8. The molecule has 0 fully saturated rings. The lowest BCUT2D eigenvalue weighted by atomic mass is 10.1. The van der Waals surface area contributed by atoms with Crippen molar-refractivity contribution in [2.75, 3.05) is 7.11 Å². The number of carbonyl (C=O) groups excluding carboxylic acids is 1. The topological polar surface area (TPSA) is 43.6 Å². The van der Waals surface area contributed by atoms with E-state index in [0.717, 1.165) is 38.3 Å². The molecule has 0 spiro atoms. The molecule has 25 heavy (non-hydrogen) atoms. The Bertz CT molecular complexity index is 999. The van der Waals surface area contributed by atoms with E-state index < -0.39 is 0 Å². The highest BCUT2D eigenvalue weighted by atomic mass is 32.1. The Morgan fingerprint density at radius 3 is 2.76 bits per heavy atom. The summed E-state index contributed by atoms with van der Waals surface area (Å²) in [6.07, 6.45) is 1.23. The van der Waals surface area contributed by atoms with Crippen LogP contribution in [0, 0.1) is 6.92 Å². The van der Waals surface area contributed by atoms with Gasteiger partial charge in [-0.3, -0.25) is 4.79 Å². The van der Waals surface area contributed by atoms with Gasteiger partial charge in [0.2, 0.25) is 0 Å². The van der Waals surface area contributed by atoms with Crippen molar-refractivity contribution >= 4 is 27.5 Å². The molecule has 0 atom stereocenters. The second-order valence-electron chi connectivity index (χ2n) is 6.10. The SMILES string of the molecule is CCc1ccc2c(c1)sc(=NC(=O)Cc1cc(C)ccc1OC)n2C. The van der Waals surface area contributed by atoms with Gasteiger partial charge in [0.15, 0.2) is 4.80 Å². The molecule has 0 aliphatic heterocycles. The minimum atomic E-state index is -0.165. The first-order chi connectivity index (χ1) is 12.0. The normalized spacial score (nSPS) is 11.9. The van der Waals surface area contributed by atoms with E-state index in [1.165, 1.54) is 5.56 Å². The molecule has 1 heterocycles. The van der Waals surface area contributed by atoms with Gasteiger partial charge in [-0.05, 0) is 37.1 Å². The van der Waals surface area contributed by atoms with Gasteiger partial charge in [-0.2, -0.15) is 4.99 Å². The molecule has 0 aliphatic carbocycles. The number of aromatic nitrogens is 1. The number of amides is 1.